The Bertz CT molecular complexity index is 1440. The van der Waals surface area contributed by atoms with E-state index in [0.29, 0.717) is 13.1 Å². The third kappa shape index (κ3) is 4.52. The highest BCUT2D eigenvalue weighted by Gasteiger charge is 2.32. The molecule has 4 aromatic rings. The summed E-state index contributed by atoms with van der Waals surface area (Å²) in [6.45, 7) is 4.59. The molecule has 2 aliphatic rings. The minimum absolute atomic E-state index is 0.0228. The van der Waals surface area contributed by atoms with E-state index in [4.69, 9.17) is 10.1 Å². The Morgan fingerprint density at radius 2 is 1.92 bits per heavy atom. The number of nitrogens with zero attached hydrogens (tertiary/aromatic N) is 7. The highest BCUT2D eigenvalue weighted by Crippen LogP contribution is 2.33. The fourth-order valence-corrected chi connectivity index (χ4v) is 5.44. The molecule has 5 heterocycles. The van der Waals surface area contributed by atoms with E-state index in [1.807, 2.05) is 40.9 Å². The van der Waals surface area contributed by atoms with Gasteiger partial charge in [-0.3, -0.25) is 4.79 Å². The molecule has 2 N–H and O–H groups in total. The largest absolute Gasteiger partial charge is 0.389 e. The summed E-state index contributed by atoms with van der Waals surface area (Å²) in [5.41, 5.74) is 3.23. The van der Waals surface area contributed by atoms with Crippen molar-refractivity contribution >= 4 is 39.7 Å². The van der Waals surface area contributed by atoms with Gasteiger partial charge in [-0.05, 0) is 43.3 Å². The Hall–Kier alpha value is -3.61. The summed E-state index contributed by atoms with van der Waals surface area (Å²) in [6, 6.07) is 10.4. The summed E-state index contributed by atoms with van der Waals surface area (Å²) in [6.07, 6.45) is -0.382. The van der Waals surface area contributed by atoms with Crippen LogP contribution in [0.4, 0.5) is 21.2 Å². The van der Waals surface area contributed by atoms with E-state index in [1.165, 1.54) is 23.5 Å². The first kappa shape index (κ1) is 23.8. The Kier molecular flexibility index (Phi) is 6.01. The first-order chi connectivity index (χ1) is 17.9. The number of carbonyl (C=O) groups excluding carboxylic acids is 1. The molecule has 0 radical (unpaired) electrons. The summed E-state index contributed by atoms with van der Waals surface area (Å²) in [5.74, 6) is 1.41. The molecule has 0 atom stereocenters. The zero-order valence-electron chi connectivity index (χ0n) is 20.5. The molecular formula is C25H27FN8O2S. The molecule has 0 aliphatic carbocycles. The van der Waals surface area contributed by atoms with E-state index in [2.05, 4.69) is 15.2 Å². The van der Waals surface area contributed by atoms with Crippen LogP contribution in [0.2, 0.25) is 0 Å². The predicted octanol–water partition coefficient (Wildman–Crippen LogP) is 2.05. The number of anilines is 3. The number of aliphatic hydroxyl groups excluding tert-OH is 1. The van der Waals surface area contributed by atoms with Gasteiger partial charge in [-0.2, -0.15) is 4.52 Å². The molecule has 0 unspecified atom stereocenters. The number of thiazole rings is 1. The Morgan fingerprint density at radius 1 is 1.16 bits per heavy atom. The number of β-amino-alcohol motifs (C(OH)–C–C–N with tert-alkyl or cyclic N) is 1. The minimum atomic E-state index is -0.382. The van der Waals surface area contributed by atoms with Crippen LogP contribution < -0.4 is 15.1 Å². The smallest absolute Gasteiger partial charge is 0.236 e. The summed E-state index contributed by atoms with van der Waals surface area (Å²) >= 11 is 1.50. The van der Waals surface area contributed by atoms with Crippen molar-refractivity contribution in [2.45, 2.75) is 19.1 Å². The van der Waals surface area contributed by atoms with Gasteiger partial charge >= 0.3 is 0 Å². The van der Waals surface area contributed by atoms with Gasteiger partial charge in [0.05, 0.1) is 24.0 Å². The van der Waals surface area contributed by atoms with Gasteiger partial charge in [0.2, 0.25) is 5.91 Å². The SMILES string of the molecule is Cc1nc2ccc(N3CC(NCC(=O)N4CC(O)C4)C3)nn2c1N(C)c1nc(-c2ccc(F)cc2)cs1. The second-order valence-electron chi connectivity index (χ2n) is 9.50. The second-order valence-corrected chi connectivity index (χ2v) is 10.3. The summed E-state index contributed by atoms with van der Waals surface area (Å²) in [4.78, 5) is 27.4. The molecule has 2 fully saturated rings. The Balaban J connectivity index is 1.15. The molecule has 0 saturated carbocycles. The number of aliphatic hydroxyl groups is 1. The Morgan fingerprint density at radius 3 is 2.65 bits per heavy atom. The maximum absolute atomic E-state index is 13.3. The molecule has 2 aliphatic heterocycles. The molecule has 1 amide bonds. The highest BCUT2D eigenvalue weighted by atomic mass is 32.1. The topological polar surface area (TPSA) is 102 Å². The first-order valence-electron chi connectivity index (χ1n) is 12.1. The van der Waals surface area contributed by atoms with Crippen LogP contribution in [0.5, 0.6) is 0 Å². The van der Waals surface area contributed by atoms with Crippen molar-refractivity contribution in [3.05, 3.63) is 53.3 Å². The number of hydrogen-bond donors (Lipinski definition) is 2. The third-order valence-electron chi connectivity index (χ3n) is 6.81. The fraction of sp³-hybridized carbons (Fsp3) is 0.360. The number of nitrogens with one attached hydrogen (secondary N) is 1. The lowest BCUT2D eigenvalue weighted by atomic mass is 10.1. The number of aryl methyl sites for hydroxylation is 1. The molecule has 3 aromatic heterocycles. The van der Waals surface area contributed by atoms with Crippen LogP contribution in [-0.4, -0.2) is 87.4 Å². The molecule has 2 saturated heterocycles. The highest BCUT2D eigenvalue weighted by molar-refractivity contribution is 7.14. The standard InChI is InChI=1S/C25H27FN8O2S/c1-15-24(31(2)25-29-20(14-37-25)16-3-5-17(26)6-4-16)34-21(28-15)7-8-22(30-34)32-10-18(11-32)27-9-23(36)33-12-19(35)13-33/h3-8,14,18-19,27,35H,9-13H2,1-2H3. The van der Waals surface area contributed by atoms with Crippen LogP contribution in [0.25, 0.3) is 16.9 Å². The first-order valence-corrected chi connectivity index (χ1v) is 13.0. The molecule has 10 nitrogen and oxygen atoms in total. The molecule has 192 valence electrons. The van der Waals surface area contributed by atoms with Crippen molar-refractivity contribution in [1.29, 1.82) is 0 Å². The molecule has 37 heavy (non-hydrogen) atoms. The lowest BCUT2D eigenvalue weighted by molar-refractivity contribution is -0.140. The molecule has 12 heteroatoms. The van der Waals surface area contributed by atoms with Crippen molar-refractivity contribution in [2.24, 2.45) is 0 Å². The van der Waals surface area contributed by atoms with Crippen molar-refractivity contribution in [3.63, 3.8) is 0 Å². The number of amides is 1. The number of benzene rings is 1. The average molecular weight is 523 g/mol. The van der Waals surface area contributed by atoms with Crippen LogP contribution in [0.1, 0.15) is 5.69 Å². The van der Waals surface area contributed by atoms with Crippen molar-refractivity contribution in [3.8, 4) is 11.3 Å². The number of aromatic nitrogens is 4. The number of halogens is 1. The molecular weight excluding hydrogens is 495 g/mol. The summed E-state index contributed by atoms with van der Waals surface area (Å²) in [7, 11) is 1.94. The summed E-state index contributed by atoms with van der Waals surface area (Å²) in [5, 5.41) is 20.3. The van der Waals surface area contributed by atoms with E-state index in [0.717, 1.165) is 52.5 Å². The van der Waals surface area contributed by atoms with E-state index in [1.54, 1.807) is 17.0 Å². The van der Waals surface area contributed by atoms with Gasteiger partial charge in [0.15, 0.2) is 16.6 Å². The number of likely N-dealkylation sites (tertiary alicyclic amines) is 1. The van der Waals surface area contributed by atoms with Gasteiger partial charge in [-0.15, -0.1) is 16.4 Å². The fourth-order valence-electron chi connectivity index (χ4n) is 4.64. The normalized spacial score (nSPS) is 16.2. The zero-order chi connectivity index (χ0) is 25.7. The van der Waals surface area contributed by atoms with Crippen molar-refractivity contribution in [1.82, 2.24) is 29.8 Å². The second kappa shape index (κ2) is 9.36. The molecule has 0 bridgehead atoms. The van der Waals surface area contributed by atoms with E-state index >= 15 is 0 Å². The van der Waals surface area contributed by atoms with Crippen LogP contribution >= 0.6 is 11.3 Å². The Labute approximate surface area is 217 Å². The number of rotatable bonds is 7. The van der Waals surface area contributed by atoms with E-state index < -0.39 is 0 Å². The van der Waals surface area contributed by atoms with Gasteiger partial charge in [0.25, 0.3) is 0 Å². The van der Waals surface area contributed by atoms with Crippen molar-refractivity contribution < 1.29 is 14.3 Å². The third-order valence-corrected chi connectivity index (χ3v) is 7.72. The van der Waals surface area contributed by atoms with Gasteiger partial charge in [-0.25, -0.2) is 14.4 Å². The van der Waals surface area contributed by atoms with E-state index in [-0.39, 0.29) is 30.4 Å². The van der Waals surface area contributed by atoms with Gasteiger partial charge in [-0.1, -0.05) is 0 Å². The zero-order valence-corrected chi connectivity index (χ0v) is 21.3. The number of hydrogen-bond acceptors (Lipinski definition) is 9. The maximum Gasteiger partial charge on any atom is 0.236 e. The van der Waals surface area contributed by atoms with Gasteiger partial charge in [0.1, 0.15) is 11.6 Å². The van der Waals surface area contributed by atoms with Crippen LogP contribution in [0.3, 0.4) is 0 Å². The minimum Gasteiger partial charge on any atom is -0.389 e. The molecule has 1 aromatic carbocycles. The lowest BCUT2D eigenvalue weighted by Crippen LogP contribution is -2.61. The average Bonchev–Trinajstić information content (AvgIpc) is 3.45. The van der Waals surface area contributed by atoms with Crippen LogP contribution in [0, 0.1) is 12.7 Å². The monoisotopic (exact) mass is 522 g/mol. The number of fused-ring (bicyclic) bond motifs is 1. The molecule has 0 spiro atoms. The summed E-state index contributed by atoms with van der Waals surface area (Å²) < 4.78 is 15.1. The van der Waals surface area contributed by atoms with Crippen molar-refractivity contribution in [2.75, 3.05) is 49.6 Å². The number of imidazole rings is 1. The van der Waals surface area contributed by atoms with E-state index in [9.17, 15) is 14.3 Å². The van der Waals surface area contributed by atoms with Gasteiger partial charge < -0.3 is 25.1 Å². The van der Waals surface area contributed by atoms with Crippen LogP contribution in [0.15, 0.2) is 41.8 Å². The molecule has 6 rings (SSSR count). The quantitative estimate of drug-likeness (QED) is 0.380. The predicted molar refractivity (Wildman–Crippen MR) is 140 cm³/mol. The number of carbonyl (C=O) groups is 1. The maximum atomic E-state index is 13.3. The lowest BCUT2D eigenvalue weighted by Gasteiger charge is -2.41. The van der Waals surface area contributed by atoms with Crippen LogP contribution in [-0.2, 0) is 4.79 Å². The van der Waals surface area contributed by atoms with Gasteiger partial charge in [0, 0.05) is 50.2 Å².